The van der Waals surface area contributed by atoms with Crippen molar-refractivity contribution < 1.29 is 13.9 Å². The second-order valence-corrected chi connectivity index (χ2v) is 8.75. The van der Waals surface area contributed by atoms with E-state index in [2.05, 4.69) is 14.9 Å². The predicted octanol–water partition coefficient (Wildman–Crippen LogP) is 4.38. The second-order valence-electron chi connectivity index (χ2n) is 8.75. The predicted molar refractivity (Wildman–Crippen MR) is 110 cm³/mol. The minimum atomic E-state index is -0.380. The van der Waals surface area contributed by atoms with Crippen LogP contribution in [0.5, 0.6) is 5.88 Å². The highest BCUT2D eigenvalue weighted by atomic mass is 19.1. The molecule has 1 fully saturated rings. The van der Waals surface area contributed by atoms with Gasteiger partial charge in [0.15, 0.2) is 0 Å². The van der Waals surface area contributed by atoms with Gasteiger partial charge < -0.3 is 4.74 Å². The molecule has 0 bridgehead atoms. The van der Waals surface area contributed by atoms with Crippen molar-refractivity contribution in [3.8, 4) is 5.88 Å². The first kappa shape index (κ1) is 21.4. The standard InChI is InChI=1S/C23H30FN3O2/c1-16(28)21(18-7-5-6-8-19(18)24)17-9-13-27(14-10-17)15-20-22(26-12-11-25-20)29-23(2,3)4/h5-8,11-12,17,21H,9-10,13-15H2,1-4H3. The number of likely N-dealkylation sites (tertiary alicyclic amines) is 1. The summed E-state index contributed by atoms with van der Waals surface area (Å²) in [4.78, 5) is 23.4. The molecule has 0 saturated carbocycles. The van der Waals surface area contributed by atoms with E-state index in [1.54, 1.807) is 37.5 Å². The molecule has 1 aromatic heterocycles. The summed E-state index contributed by atoms with van der Waals surface area (Å²) >= 11 is 0. The Bertz CT molecular complexity index is 842. The molecule has 0 aliphatic carbocycles. The molecular weight excluding hydrogens is 369 g/mol. The van der Waals surface area contributed by atoms with E-state index in [0.717, 1.165) is 31.6 Å². The Morgan fingerprint density at radius 1 is 1.21 bits per heavy atom. The zero-order valence-electron chi connectivity index (χ0n) is 17.7. The van der Waals surface area contributed by atoms with Gasteiger partial charge in [0.05, 0.1) is 0 Å². The number of nitrogens with zero attached hydrogens (tertiary/aromatic N) is 3. The molecule has 2 aromatic rings. The van der Waals surface area contributed by atoms with E-state index in [1.165, 1.54) is 6.07 Å². The molecule has 0 N–H and O–H groups in total. The van der Waals surface area contributed by atoms with Gasteiger partial charge in [-0.3, -0.25) is 14.7 Å². The van der Waals surface area contributed by atoms with E-state index < -0.39 is 0 Å². The highest BCUT2D eigenvalue weighted by Gasteiger charge is 2.32. The number of hydrogen-bond donors (Lipinski definition) is 0. The Balaban J connectivity index is 1.67. The van der Waals surface area contributed by atoms with E-state index in [9.17, 15) is 9.18 Å². The maximum atomic E-state index is 14.3. The van der Waals surface area contributed by atoms with Crippen molar-refractivity contribution in [2.75, 3.05) is 13.1 Å². The molecule has 0 radical (unpaired) electrons. The van der Waals surface area contributed by atoms with Crippen LogP contribution in [0.1, 0.15) is 57.7 Å². The number of Topliss-reactive ketones (excluding diaryl/α,β-unsaturated/α-hetero) is 1. The molecule has 1 aromatic carbocycles. The van der Waals surface area contributed by atoms with Crippen LogP contribution in [-0.2, 0) is 11.3 Å². The quantitative estimate of drug-likeness (QED) is 0.722. The van der Waals surface area contributed by atoms with Crippen molar-refractivity contribution in [3.63, 3.8) is 0 Å². The SMILES string of the molecule is CC(=O)C(c1ccccc1F)C1CCN(Cc2nccnc2OC(C)(C)C)CC1. The minimum absolute atomic E-state index is 0.0309. The third kappa shape index (κ3) is 5.60. The number of hydrogen-bond acceptors (Lipinski definition) is 5. The summed E-state index contributed by atoms with van der Waals surface area (Å²) in [5.41, 5.74) is 0.998. The third-order valence-electron chi connectivity index (χ3n) is 5.29. The van der Waals surface area contributed by atoms with Crippen LogP contribution in [0.25, 0.3) is 0 Å². The van der Waals surface area contributed by atoms with Crippen molar-refractivity contribution in [1.82, 2.24) is 14.9 Å². The van der Waals surface area contributed by atoms with Crippen molar-refractivity contribution in [2.45, 2.75) is 58.6 Å². The fourth-order valence-electron chi connectivity index (χ4n) is 4.03. The maximum absolute atomic E-state index is 14.3. The van der Waals surface area contributed by atoms with Gasteiger partial charge in [-0.25, -0.2) is 9.37 Å². The summed E-state index contributed by atoms with van der Waals surface area (Å²) in [5.74, 6) is 0.0690. The summed E-state index contributed by atoms with van der Waals surface area (Å²) in [5, 5.41) is 0. The number of ether oxygens (including phenoxy) is 1. The molecule has 6 heteroatoms. The molecule has 1 unspecified atom stereocenters. The number of rotatable bonds is 6. The minimum Gasteiger partial charge on any atom is -0.471 e. The van der Waals surface area contributed by atoms with Crippen LogP contribution in [0.3, 0.4) is 0 Å². The van der Waals surface area contributed by atoms with Gasteiger partial charge >= 0.3 is 0 Å². The van der Waals surface area contributed by atoms with Crippen LogP contribution in [0.2, 0.25) is 0 Å². The molecule has 29 heavy (non-hydrogen) atoms. The Kier molecular flexibility index (Phi) is 6.63. The Morgan fingerprint density at radius 2 is 1.86 bits per heavy atom. The number of piperidine rings is 1. The first-order valence-electron chi connectivity index (χ1n) is 10.2. The number of benzene rings is 1. The van der Waals surface area contributed by atoms with E-state index in [4.69, 9.17) is 4.74 Å². The monoisotopic (exact) mass is 399 g/mol. The lowest BCUT2D eigenvalue weighted by Gasteiger charge is -2.35. The first-order valence-corrected chi connectivity index (χ1v) is 10.2. The fourth-order valence-corrected chi connectivity index (χ4v) is 4.03. The Labute approximate surface area is 172 Å². The fraction of sp³-hybridized carbons (Fsp3) is 0.522. The molecule has 0 amide bonds. The van der Waals surface area contributed by atoms with E-state index >= 15 is 0 Å². The number of halogens is 1. The topological polar surface area (TPSA) is 55.3 Å². The van der Waals surface area contributed by atoms with E-state index in [-0.39, 0.29) is 29.0 Å². The molecule has 1 aliphatic heterocycles. The van der Waals surface area contributed by atoms with Crippen LogP contribution in [0.4, 0.5) is 4.39 Å². The van der Waals surface area contributed by atoms with Crippen LogP contribution in [0.15, 0.2) is 36.7 Å². The lowest BCUT2D eigenvalue weighted by molar-refractivity contribution is -0.120. The first-order chi connectivity index (χ1) is 13.7. The average molecular weight is 400 g/mol. The van der Waals surface area contributed by atoms with Gasteiger partial charge in [0, 0.05) is 24.9 Å². The van der Waals surface area contributed by atoms with E-state index in [0.29, 0.717) is 18.0 Å². The van der Waals surface area contributed by atoms with Gasteiger partial charge in [-0.1, -0.05) is 18.2 Å². The molecule has 1 aliphatic rings. The third-order valence-corrected chi connectivity index (χ3v) is 5.29. The summed E-state index contributed by atoms with van der Waals surface area (Å²) < 4.78 is 20.3. The van der Waals surface area contributed by atoms with Crippen molar-refractivity contribution in [1.29, 1.82) is 0 Å². The number of carbonyl (C=O) groups excluding carboxylic acids is 1. The normalized spacial score (nSPS) is 17.1. The summed E-state index contributed by atoms with van der Waals surface area (Å²) in [6.07, 6.45) is 5.01. The maximum Gasteiger partial charge on any atom is 0.237 e. The van der Waals surface area contributed by atoms with Crippen LogP contribution in [-0.4, -0.2) is 39.3 Å². The highest BCUT2D eigenvalue weighted by molar-refractivity contribution is 5.83. The number of carbonyl (C=O) groups is 1. The smallest absolute Gasteiger partial charge is 0.237 e. The summed E-state index contributed by atoms with van der Waals surface area (Å²) in [7, 11) is 0. The van der Waals surface area contributed by atoms with Gasteiger partial charge in [0.1, 0.15) is 22.9 Å². The van der Waals surface area contributed by atoms with Crippen LogP contribution >= 0.6 is 0 Å². The number of ketones is 1. The molecule has 2 heterocycles. The van der Waals surface area contributed by atoms with Crippen LogP contribution in [0, 0.1) is 11.7 Å². The molecular formula is C23H30FN3O2. The zero-order chi connectivity index (χ0) is 21.0. The van der Waals surface area contributed by atoms with Gasteiger partial charge in [0.2, 0.25) is 5.88 Å². The lowest BCUT2D eigenvalue weighted by Crippen LogP contribution is -2.37. The lowest BCUT2D eigenvalue weighted by atomic mass is 9.78. The molecule has 1 saturated heterocycles. The molecule has 0 spiro atoms. The molecule has 1 atom stereocenters. The average Bonchev–Trinajstić information content (AvgIpc) is 2.65. The number of aromatic nitrogens is 2. The van der Waals surface area contributed by atoms with E-state index in [1.807, 2.05) is 20.8 Å². The van der Waals surface area contributed by atoms with Crippen molar-refractivity contribution >= 4 is 5.78 Å². The van der Waals surface area contributed by atoms with Gasteiger partial charge in [-0.05, 0) is 71.2 Å². The molecule has 3 rings (SSSR count). The second kappa shape index (κ2) is 8.99. The molecule has 156 valence electrons. The zero-order valence-corrected chi connectivity index (χ0v) is 17.7. The van der Waals surface area contributed by atoms with Crippen molar-refractivity contribution in [2.24, 2.45) is 5.92 Å². The summed E-state index contributed by atoms with van der Waals surface area (Å²) in [6.45, 7) is 9.84. The van der Waals surface area contributed by atoms with Crippen molar-refractivity contribution in [3.05, 3.63) is 53.7 Å². The van der Waals surface area contributed by atoms with Gasteiger partial charge in [0.25, 0.3) is 0 Å². The largest absolute Gasteiger partial charge is 0.471 e. The highest BCUT2D eigenvalue weighted by Crippen LogP contribution is 2.35. The van der Waals surface area contributed by atoms with Gasteiger partial charge in [-0.15, -0.1) is 0 Å². The van der Waals surface area contributed by atoms with Gasteiger partial charge in [-0.2, -0.15) is 0 Å². The molecule has 5 nitrogen and oxygen atoms in total. The summed E-state index contributed by atoms with van der Waals surface area (Å²) in [6, 6.07) is 6.64. The van der Waals surface area contributed by atoms with Crippen LogP contribution < -0.4 is 4.74 Å². The Hall–Kier alpha value is -2.34. The Morgan fingerprint density at radius 3 is 2.48 bits per heavy atom.